The van der Waals surface area contributed by atoms with E-state index >= 15 is 0 Å². The summed E-state index contributed by atoms with van der Waals surface area (Å²) < 4.78 is 0. The molecule has 0 aliphatic carbocycles. The molecule has 0 saturated carbocycles. The Hall–Kier alpha value is -1.56. The largest absolute Gasteiger partial charge is 0.356 e. The fourth-order valence-electron chi connectivity index (χ4n) is 1.82. The van der Waals surface area contributed by atoms with E-state index in [1.165, 1.54) is 0 Å². The third-order valence-electron chi connectivity index (χ3n) is 2.96. The molecule has 0 saturated heterocycles. The van der Waals surface area contributed by atoms with E-state index in [-0.39, 0.29) is 0 Å². The van der Waals surface area contributed by atoms with Gasteiger partial charge in [-0.15, -0.1) is 0 Å². The fraction of sp³-hybridized carbons (Fsp3) is 0.600. The maximum atomic E-state index is 9.15. The molecule has 1 heterocycles. The maximum absolute atomic E-state index is 9.15. The van der Waals surface area contributed by atoms with E-state index in [9.17, 15) is 0 Å². The van der Waals surface area contributed by atoms with Gasteiger partial charge in [0.25, 0.3) is 0 Å². The molecule has 0 atom stereocenters. The van der Waals surface area contributed by atoms with Gasteiger partial charge in [-0.1, -0.05) is 27.2 Å². The molecule has 0 unspecified atom stereocenters. The summed E-state index contributed by atoms with van der Waals surface area (Å²) in [6.45, 7) is 8.59. The van der Waals surface area contributed by atoms with Gasteiger partial charge in [-0.2, -0.15) is 5.26 Å². The maximum Gasteiger partial charge on any atom is 0.146 e. The summed E-state index contributed by atoms with van der Waals surface area (Å²) in [4.78, 5) is 6.64. The fourth-order valence-corrected chi connectivity index (χ4v) is 1.82. The van der Waals surface area contributed by atoms with Gasteiger partial charge in [0.05, 0.1) is 5.56 Å². The van der Waals surface area contributed by atoms with Crippen molar-refractivity contribution in [2.45, 2.75) is 40.0 Å². The molecular weight excluding hydrogens is 222 g/mol. The number of nitriles is 1. The van der Waals surface area contributed by atoms with Crippen molar-refractivity contribution < 1.29 is 0 Å². The van der Waals surface area contributed by atoms with Gasteiger partial charge in [0.15, 0.2) is 0 Å². The Balaban J connectivity index is 2.83. The first-order valence-electron chi connectivity index (χ1n) is 6.79. The second-order valence-corrected chi connectivity index (χ2v) is 5.01. The first kappa shape index (κ1) is 14.5. The van der Waals surface area contributed by atoms with Crippen molar-refractivity contribution in [2.75, 3.05) is 18.0 Å². The predicted molar refractivity (Wildman–Crippen MR) is 75.5 cm³/mol. The summed E-state index contributed by atoms with van der Waals surface area (Å²) in [5.41, 5.74) is 0.678. The lowest BCUT2D eigenvalue weighted by Crippen LogP contribution is -2.28. The number of hydrogen-bond acceptors (Lipinski definition) is 3. The van der Waals surface area contributed by atoms with Crippen LogP contribution in [0.15, 0.2) is 18.3 Å². The molecule has 0 aromatic carbocycles. The van der Waals surface area contributed by atoms with Crippen molar-refractivity contribution in [3.05, 3.63) is 23.9 Å². The second kappa shape index (κ2) is 7.71. The molecule has 3 heteroatoms. The van der Waals surface area contributed by atoms with Gasteiger partial charge in [0.2, 0.25) is 0 Å². The molecule has 0 spiro atoms. The lowest BCUT2D eigenvalue weighted by Gasteiger charge is -2.25. The Labute approximate surface area is 110 Å². The highest BCUT2D eigenvalue weighted by Gasteiger charge is 2.12. The first-order valence-corrected chi connectivity index (χ1v) is 6.79. The Bertz CT molecular complexity index is 393. The van der Waals surface area contributed by atoms with Crippen LogP contribution in [0.2, 0.25) is 0 Å². The highest BCUT2D eigenvalue weighted by molar-refractivity contribution is 5.53. The zero-order valence-corrected chi connectivity index (χ0v) is 11.7. The SMILES string of the molecule is CCCCN(CCC(C)C)c1ncccc1C#N. The van der Waals surface area contributed by atoms with Gasteiger partial charge >= 0.3 is 0 Å². The van der Waals surface area contributed by atoms with Crippen LogP contribution in [0.4, 0.5) is 5.82 Å². The van der Waals surface area contributed by atoms with E-state index in [0.29, 0.717) is 11.5 Å². The van der Waals surface area contributed by atoms with E-state index in [2.05, 4.69) is 36.7 Å². The van der Waals surface area contributed by atoms with Gasteiger partial charge in [-0.25, -0.2) is 4.98 Å². The van der Waals surface area contributed by atoms with Crippen molar-refractivity contribution in [1.29, 1.82) is 5.26 Å². The Morgan fingerprint density at radius 1 is 1.39 bits per heavy atom. The van der Waals surface area contributed by atoms with E-state index in [4.69, 9.17) is 5.26 Å². The van der Waals surface area contributed by atoms with E-state index < -0.39 is 0 Å². The quantitative estimate of drug-likeness (QED) is 0.736. The summed E-state index contributed by atoms with van der Waals surface area (Å²) in [5, 5.41) is 9.15. The number of aromatic nitrogens is 1. The van der Waals surface area contributed by atoms with Crippen molar-refractivity contribution in [3.8, 4) is 6.07 Å². The third kappa shape index (κ3) is 4.37. The minimum atomic E-state index is 0.670. The van der Waals surface area contributed by atoms with Crippen LogP contribution in [0.5, 0.6) is 0 Å². The smallest absolute Gasteiger partial charge is 0.146 e. The molecule has 1 aromatic heterocycles. The molecular formula is C15H23N3. The van der Waals surface area contributed by atoms with Crippen molar-refractivity contribution in [2.24, 2.45) is 5.92 Å². The number of anilines is 1. The lowest BCUT2D eigenvalue weighted by molar-refractivity contribution is 0.564. The third-order valence-corrected chi connectivity index (χ3v) is 2.96. The number of pyridine rings is 1. The second-order valence-electron chi connectivity index (χ2n) is 5.01. The molecule has 1 rings (SSSR count). The van der Waals surface area contributed by atoms with E-state index in [1.807, 2.05) is 12.1 Å². The van der Waals surface area contributed by atoms with Gasteiger partial charge in [-0.05, 0) is 30.9 Å². The van der Waals surface area contributed by atoms with Crippen LogP contribution in [0, 0.1) is 17.2 Å². The average Bonchev–Trinajstić information content (AvgIpc) is 2.38. The minimum Gasteiger partial charge on any atom is -0.356 e. The molecule has 0 fully saturated rings. The van der Waals surface area contributed by atoms with Crippen molar-refractivity contribution >= 4 is 5.82 Å². The van der Waals surface area contributed by atoms with Gasteiger partial charge in [0, 0.05) is 19.3 Å². The van der Waals surface area contributed by atoms with Crippen molar-refractivity contribution in [3.63, 3.8) is 0 Å². The highest BCUT2D eigenvalue weighted by Crippen LogP contribution is 2.18. The molecule has 0 aliphatic rings. The minimum absolute atomic E-state index is 0.670. The van der Waals surface area contributed by atoms with Crippen LogP contribution in [0.25, 0.3) is 0 Å². The van der Waals surface area contributed by atoms with Crippen LogP contribution < -0.4 is 4.90 Å². The van der Waals surface area contributed by atoms with E-state index in [0.717, 1.165) is 38.2 Å². The summed E-state index contributed by atoms with van der Waals surface area (Å²) in [7, 11) is 0. The molecule has 0 bridgehead atoms. The number of hydrogen-bond donors (Lipinski definition) is 0. The highest BCUT2D eigenvalue weighted by atomic mass is 15.2. The summed E-state index contributed by atoms with van der Waals surface area (Å²) >= 11 is 0. The molecule has 18 heavy (non-hydrogen) atoms. The van der Waals surface area contributed by atoms with Crippen molar-refractivity contribution in [1.82, 2.24) is 4.98 Å². The zero-order chi connectivity index (χ0) is 13.4. The van der Waals surface area contributed by atoms with Crippen LogP contribution in [0.1, 0.15) is 45.6 Å². The molecule has 98 valence electrons. The molecule has 1 aromatic rings. The van der Waals surface area contributed by atoms with Gasteiger partial charge in [-0.3, -0.25) is 0 Å². The Morgan fingerprint density at radius 3 is 2.78 bits per heavy atom. The topological polar surface area (TPSA) is 39.9 Å². The Morgan fingerprint density at radius 2 is 2.17 bits per heavy atom. The van der Waals surface area contributed by atoms with Gasteiger partial charge in [0.1, 0.15) is 11.9 Å². The van der Waals surface area contributed by atoms with Crippen LogP contribution in [-0.4, -0.2) is 18.1 Å². The normalized spacial score (nSPS) is 10.4. The van der Waals surface area contributed by atoms with Crippen LogP contribution in [0.3, 0.4) is 0 Å². The first-order chi connectivity index (χ1) is 8.69. The molecule has 0 amide bonds. The molecule has 0 radical (unpaired) electrons. The van der Waals surface area contributed by atoms with Crippen LogP contribution in [-0.2, 0) is 0 Å². The Kier molecular flexibility index (Phi) is 6.21. The number of nitrogens with zero attached hydrogens (tertiary/aromatic N) is 3. The lowest BCUT2D eigenvalue weighted by atomic mass is 10.1. The van der Waals surface area contributed by atoms with Crippen LogP contribution >= 0.6 is 0 Å². The molecule has 3 nitrogen and oxygen atoms in total. The average molecular weight is 245 g/mol. The number of unbranched alkanes of at least 4 members (excludes halogenated alkanes) is 1. The predicted octanol–water partition coefficient (Wildman–Crippen LogP) is 3.61. The molecule has 0 N–H and O–H groups in total. The molecule has 0 aliphatic heterocycles. The van der Waals surface area contributed by atoms with E-state index in [1.54, 1.807) is 6.20 Å². The summed E-state index contributed by atoms with van der Waals surface area (Å²) in [5.74, 6) is 1.51. The summed E-state index contributed by atoms with van der Waals surface area (Å²) in [6, 6.07) is 5.90. The zero-order valence-electron chi connectivity index (χ0n) is 11.7. The monoisotopic (exact) mass is 245 g/mol. The number of rotatable bonds is 7. The van der Waals surface area contributed by atoms with Gasteiger partial charge < -0.3 is 4.90 Å². The standard InChI is InChI=1S/C15H23N3/c1-4-5-10-18(11-8-13(2)3)15-14(12-16)7-6-9-17-15/h6-7,9,13H,4-5,8,10-11H2,1-3H3. The summed E-state index contributed by atoms with van der Waals surface area (Å²) in [6.07, 6.45) is 5.20.